The lowest BCUT2D eigenvalue weighted by atomic mass is 10.3. The maximum Gasteiger partial charge on any atom is 0.354 e. The normalized spacial score (nSPS) is 10.1. The first kappa shape index (κ1) is 12.2. The Morgan fingerprint density at radius 1 is 1.50 bits per heavy atom. The van der Waals surface area contributed by atoms with Crippen molar-refractivity contribution in [1.29, 1.82) is 0 Å². The minimum Gasteiger partial charge on any atom is -0.477 e. The van der Waals surface area contributed by atoms with Crippen LogP contribution in [0.25, 0.3) is 0 Å². The van der Waals surface area contributed by atoms with Gasteiger partial charge in [0.1, 0.15) is 0 Å². The molecule has 0 aromatic carbocycles. The zero-order valence-corrected chi connectivity index (χ0v) is 8.69. The molecule has 0 fully saturated rings. The van der Waals surface area contributed by atoms with Crippen LogP contribution in [0.1, 0.15) is 33.8 Å². The van der Waals surface area contributed by atoms with Crippen LogP contribution in [-0.2, 0) is 0 Å². The Morgan fingerprint density at radius 2 is 2.25 bits per heavy atom. The molecule has 0 unspecified atom stereocenters. The molecule has 1 aromatic heterocycles. The lowest BCUT2D eigenvalue weighted by Gasteiger charge is -2.02. The third-order valence-corrected chi connectivity index (χ3v) is 1.98. The van der Waals surface area contributed by atoms with E-state index in [-0.39, 0.29) is 11.4 Å². The van der Waals surface area contributed by atoms with Gasteiger partial charge in [-0.3, -0.25) is 4.79 Å². The molecular formula is C9H14N4O3. The fraction of sp³-hybridized carbons (Fsp3) is 0.444. The van der Waals surface area contributed by atoms with Crippen LogP contribution in [0.5, 0.6) is 0 Å². The van der Waals surface area contributed by atoms with Gasteiger partial charge < -0.3 is 21.1 Å². The maximum absolute atomic E-state index is 11.5. The Labute approximate surface area is 92.1 Å². The summed E-state index contributed by atoms with van der Waals surface area (Å²) in [5, 5.41) is 11.3. The van der Waals surface area contributed by atoms with Crippen LogP contribution >= 0.6 is 0 Å². The van der Waals surface area contributed by atoms with Crippen LogP contribution in [0.4, 0.5) is 0 Å². The van der Waals surface area contributed by atoms with Crippen molar-refractivity contribution < 1.29 is 14.7 Å². The van der Waals surface area contributed by atoms with Crippen molar-refractivity contribution in [3.63, 3.8) is 0 Å². The molecule has 5 N–H and O–H groups in total. The van der Waals surface area contributed by atoms with E-state index in [1.165, 1.54) is 6.33 Å². The first-order valence-electron chi connectivity index (χ1n) is 4.91. The fourth-order valence-electron chi connectivity index (χ4n) is 1.18. The molecule has 0 spiro atoms. The molecule has 7 heteroatoms. The van der Waals surface area contributed by atoms with Crippen molar-refractivity contribution in [2.45, 2.75) is 12.8 Å². The smallest absolute Gasteiger partial charge is 0.354 e. The van der Waals surface area contributed by atoms with Gasteiger partial charge in [0.15, 0.2) is 11.4 Å². The van der Waals surface area contributed by atoms with E-state index in [2.05, 4.69) is 15.3 Å². The number of unbranched alkanes of at least 4 members (excludes halogenated alkanes) is 1. The van der Waals surface area contributed by atoms with E-state index in [1.807, 2.05) is 0 Å². The number of aromatic nitrogens is 2. The predicted molar refractivity (Wildman–Crippen MR) is 56.2 cm³/mol. The van der Waals surface area contributed by atoms with E-state index in [9.17, 15) is 9.59 Å². The van der Waals surface area contributed by atoms with Crippen LogP contribution in [-0.4, -0.2) is 40.0 Å². The highest BCUT2D eigenvalue weighted by molar-refractivity contribution is 6.02. The summed E-state index contributed by atoms with van der Waals surface area (Å²) in [5.41, 5.74) is 5.00. The number of carboxylic acids is 1. The summed E-state index contributed by atoms with van der Waals surface area (Å²) < 4.78 is 0. The number of hydrogen-bond donors (Lipinski definition) is 4. The second-order valence-electron chi connectivity index (χ2n) is 3.18. The van der Waals surface area contributed by atoms with Gasteiger partial charge in [-0.1, -0.05) is 0 Å². The van der Waals surface area contributed by atoms with Crippen molar-refractivity contribution in [1.82, 2.24) is 15.3 Å². The predicted octanol–water partition coefficient (Wildman–Crippen LogP) is -0.423. The molecule has 0 atom stereocenters. The van der Waals surface area contributed by atoms with Crippen molar-refractivity contribution in [2.24, 2.45) is 5.73 Å². The van der Waals surface area contributed by atoms with Gasteiger partial charge >= 0.3 is 5.97 Å². The highest BCUT2D eigenvalue weighted by Gasteiger charge is 2.18. The Morgan fingerprint density at radius 3 is 2.88 bits per heavy atom. The lowest BCUT2D eigenvalue weighted by molar-refractivity contribution is 0.0685. The molecule has 0 bridgehead atoms. The number of aromatic amines is 1. The van der Waals surface area contributed by atoms with Crippen LogP contribution in [0.2, 0.25) is 0 Å². The molecule has 0 aliphatic rings. The van der Waals surface area contributed by atoms with Gasteiger partial charge in [0, 0.05) is 6.54 Å². The number of nitrogens with zero attached hydrogens (tertiary/aromatic N) is 1. The third-order valence-electron chi connectivity index (χ3n) is 1.98. The highest BCUT2D eigenvalue weighted by atomic mass is 16.4. The number of aromatic carboxylic acids is 1. The minimum atomic E-state index is -1.20. The van der Waals surface area contributed by atoms with Crippen LogP contribution in [0, 0.1) is 0 Å². The number of rotatable bonds is 6. The largest absolute Gasteiger partial charge is 0.477 e. The molecule has 1 rings (SSSR count). The first-order chi connectivity index (χ1) is 7.66. The maximum atomic E-state index is 11.5. The number of nitrogens with one attached hydrogen (secondary N) is 2. The Kier molecular flexibility index (Phi) is 4.46. The second-order valence-corrected chi connectivity index (χ2v) is 3.18. The van der Waals surface area contributed by atoms with Crippen molar-refractivity contribution in [2.75, 3.05) is 13.1 Å². The zero-order chi connectivity index (χ0) is 12.0. The van der Waals surface area contributed by atoms with E-state index < -0.39 is 11.9 Å². The number of H-pyrrole nitrogens is 1. The van der Waals surface area contributed by atoms with Gasteiger partial charge in [0.25, 0.3) is 5.91 Å². The van der Waals surface area contributed by atoms with Gasteiger partial charge in [-0.15, -0.1) is 0 Å². The van der Waals surface area contributed by atoms with Crippen molar-refractivity contribution in [3.8, 4) is 0 Å². The van der Waals surface area contributed by atoms with Gasteiger partial charge in [-0.25, -0.2) is 9.78 Å². The van der Waals surface area contributed by atoms with Crippen LogP contribution < -0.4 is 11.1 Å². The fourth-order valence-corrected chi connectivity index (χ4v) is 1.18. The monoisotopic (exact) mass is 226 g/mol. The van der Waals surface area contributed by atoms with Crippen molar-refractivity contribution in [3.05, 3.63) is 17.7 Å². The van der Waals surface area contributed by atoms with E-state index in [0.29, 0.717) is 13.1 Å². The molecule has 1 aromatic rings. The average molecular weight is 226 g/mol. The summed E-state index contributed by atoms with van der Waals surface area (Å²) in [5.74, 6) is -1.69. The summed E-state index contributed by atoms with van der Waals surface area (Å²) in [6.45, 7) is 1.03. The summed E-state index contributed by atoms with van der Waals surface area (Å²) in [6, 6.07) is 0. The number of carboxylic acid groups (broad SMARTS) is 1. The van der Waals surface area contributed by atoms with Crippen molar-refractivity contribution >= 4 is 11.9 Å². The number of carbonyl (C=O) groups is 2. The zero-order valence-electron chi connectivity index (χ0n) is 8.69. The summed E-state index contributed by atoms with van der Waals surface area (Å²) in [4.78, 5) is 28.3. The molecule has 0 aliphatic heterocycles. The van der Waals surface area contributed by atoms with E-state index in [4.69, 9.17) is 10.8 Å². The van der Waals surface area contributed by atoms with Gasteiger partial charge in [-0.05, 0) is 19.4 Å². The SMILES string of the molecule is NCCCCNC(=O)c1nc[nH]c1C(=O)O. The lowest BCUT2D eigenvalue weighted by Crippen LogP contribution is -2.26. The first-order valence-corrected chi connectivity index (χ1v) is 4.91. The molecular weight excluding hydrogens is 212 g/mol. The summed E-state index contributed by atoms with van der Waals surface area (Å²) in [6.07, 6.45) is 2.75. The van der Waals surface area contributed by atoms with Crippen LogP contribution in [0.15, 0.2) is 6.33 Å². The Bertz CT molecular complexity index is 375. The standard InChI is InChI=1S/C9H14N4O3/c10-3-1-2-4-11-8(14)6-7(9(15)16)13-5-12-6/h5H,1-4,10H2,(H,11,14)(H,12,13)(H,15,16). The number of imidazole rings is 1. The molecule has 1 amide bonds. The number of nitrogens with two attached hydrogens (primary N) is 1. The van der Waals surface area contributed by atoms with Gasteiger partial charge in [0.05, 0.1) is 6.33 Å². The van der Waals surface area contributed by atoms with Crippen LogP contribution in [0.3, 0.4) is 0 Å². The minimum absolute atomic E-state index is 0.0970. The second kappa shape index (κ2) is 5.86. The summed E-state index contributed by atoms with van der Waals surface area (Å²) in [7, 11) is 0. The Hall–Kier alpha value is -1.89. The van der Waals surface area contributed by atoms with Gasteiger partial charge in [-0.2, -0.15) is 0 Å². The molecule has 0 radical (unpaired) electrons. The molecule has 16 heavy (non-hydrogen) atoms. The number of amides is 1. The van der Waals surface area contributed by atoms with Gasteiger partial charge in [0.2, 0.25) is 0 Å². The average Bonchev–Trinajstić information content (AvgIpc) is 2.73. The molecule has 88 valence electrons. The molecule has 0 saturated heterocycles. The number of carbonyl (C=O) groups excluding carboxylic acids is 1. The third kappa shape index (κ3) is 3.06. The van der Waals surface area contributed by atoms with E-state index in [1.54, 1.807) is 0 Å². The van der Waals surface area contributed by atoms with E-state index in [0.717, 1.165) is 12.8 Å². The topological polar surface area (TPSA) is 121 Å². The molecule has 0 saturated carbocycles. The molecule has 0 aliphatic carbocycles. The number of hydrogen-bond acceptors (Lipinski definition) is 4. The quantitative estimate of drug-likeness (QED) is 0.491. The summed E-state index contributed by atoms with van der Waals surface area (Å²) >= 11 is 0. The molecule has 7 nitrogen and oxygen atoms in total. The molecule has 1 heterocycles. The van der Waals surface area contributed by atoms with E-state index >= 15 is 0 Å². The Balaban J connectivity index is 2.53. The highest BCUT2D eigenvalue weighted by Crippen LogP contribution is 2.02.